The van der Waals surface area contributed by atoms with Crippen LogP contribution < -0.4 is 16.2 Å². The van der Waals surface area contributed by atoms with Crippen molar-refractivity contribution in [3.05, 3.63) is 59.2 Å². The molecule has 6 N–H and O–H groups in total. The van der Waals surface area contributed by atoms with E-state index in [1.54, 1.807) is 0 Å². The molecular weight excluding hydrogens is 422 g/mol. The summed E-state index contributed by atoms with van der Waals surface area (Å²) in [5.41, 5.74) is 4.76. The summed E-state index contributed by atoms with van der Waals surface area (Å²) in [5.74, 6) is -4.26. The number of hydrogen-bond acceptors (Lipinski definition) is 8. The molecule has 13 heteroatoms. The number of hydrogen-bond donors (Lipinski definition) is 4. The zero-order valence-electron chi connectivity index (χ0n) is 15.4. The largest absolute Gasteiger partial charge is 0.389 e. The second kappa shape index (κ2) is 7.78. The number of carbonyl (C=O) groups is 1. The van der Waals surface area contributed by atoms with Gasteiger partial charge in [-0.3, -0.25) is 4.79 Å². The van der Waals surface area contributed by atoms with Gasteiger partial charge in [-0.25, -0.2) is 22.3 Å². The second-order valence-corrected chi connectivity index (χ2v) is 7.77. The van der Waals surface area contributed by atoms with Crippen molar-refractivity contribution in [1.82, 2.24) is 14.8 Å². The summed E-state index contributed by atoms with van der Waals surface area (Å²) in [6.07, 6.45) is -1.28. The van der Waals surface area contributed by atoms with Gasteiger partial charge < -0.3 is 16.2 Å². The third-order valence-corrected chi connectivity index (χ3v) is 4.98. The molecule has 0 aliphatic rings. The Kier molecular flexibility index (Phi) is 5.52. The van der Waals surface area contributed by atoms with Crippen LogP contribution in [0.1, 0.15) is 28.9 Å². The van der Waals surface area contributed by atoms with Gasteiger partial charge in [0.25, 0.3) is 5.91 Å². The third-order valence-electron chi connectivity index (χ3n) is 4.05. The minimum atomic E-state index is -3.87. The molecule has 1 atom stereocenters. The van der Waals surface area contributed by atoms with E-state index < -0.39 is 45.2 Å². The van der Waals surface area contributed by atoms with E-state index >= 15 is 0 Å². The second-order valence-electron chi connectivity index (χ2n) is 6.21. The lowest BCUT2D eigenvalue weighted by molar-refractivity contribution is 0.0938. The number of nitrogens with zero attached hydrogens (tertiary/aromatic N) is 3. The number of nitrogens with one attached hydrogen (secondary N) is 1. The van der Waals surface area contributed by atoms with Crippen LogP contribution in [0.2, 0.25) is 0 Å². The first-order valence-electron chi connectivity index (χ1n) is 8.32. The first kappa shape index (κ1) is 21.3. The Balaban J connectivity index is 1.92. The van der Waals surface area contributed by atoms with Crippen LogP contribution in [0.4, 0.5) is 26.4 Å². The summed E-state index contributed by atoms with van der Waals surface area (Å²) in [7, 11) is -3.87. The fourth-order valence-corrected chi connectivity index (χ4v) is 3.09. The minimum Gasteiger partial charge on any atom is -0.389 e. The molecule has 1 heterocycles. The maximum atomic E-state index is 14.5. The molecule has 0 saturated heterocycles. The molecular formula is C17H16F2N6O4S. The molecule has 0 spiro atoms. The molecule has 0 fully saturated rings. The molecule has 3 aromatic rings. The molecule has 2 aromatic carbocycles. The van der Waals surface area contributed by atoms with Crippen LogP contribution in [-0.2, 0) is 10.0 Å². The number of rotatable bonds is 5. The molecule has 0 aliphatic carbocycles. The molecule has 0 amide bonds. The molecule has 0 saturated carbocycles. The maximum Gasteiger partial charge on any atom is 0.287 e. The highest BCUT2D eigenvalue weighted by Crippen LogP contribution is 2.24. The van der Waals surface area contributed by atoms with Crippen molar-refractivity contribution in [3.63, 3.8) is 0 Å². The molecule has 30 heavy (non-hydrogen) atoms. The third kappa shape index (κ3) is 4.12. The van der Waals surface area contributed by atoms with Crippen molar-refractivity contribution in [2.45, 2.75) is 17.9 Å². The Bertz CT molecular complexity index is 1230. The molecule has 1 unspecified atom stereocenters. The summed E-state index contributed by atoms with van der Waals surface area (Å²) < 4.78 is 51.7. The van der Waals surface area contributed by atoms with Crippen LogP contribution >= 0.6 is 0 Å². The van der Waals surface area contributed by atoms with Gasteiger partial charge in [0.2, 0.25) is 21.9 Å². The number of carbonyl (C=O) groups excluding carboxylic acids is 1. The van der Waals surface area contributed by atoms with Gasteiger partial charge in [-0.1, -0.05) is 6.07 Å². The van der Waals surface area contributed by atoms with Crippen molar-refractivity contribution < 1.29 is 27.1 Å². The number of aliphatic hydroxyl groups excluding tert-OH is 1. The topological polar surface area (TPSA) is 166 Å². The standard InChI is InChI=1S/C17H16F2N6O4S/c1-8(26)11-6-7-12(18)13(14(11)19)15(27)25-16(20)23-17(24-25)22-9-2-4-10(5-3-9)30(21,28)29/h2-8,26H,1H3,(H2,21,28,29)(H3,20,22,23,24). The summed E-state index contributed by atoms with van der Waals surface area (Å²) in [6.45, 7) is 1.26. The van der Waals surface area contributed by atoms with E-state index in [1.807, 2.05) is 0 Å². The van der Waals surface area contributed by atoms with E-state index in [2.05, 4.69) is 15.4 Å². The Hall–Kier alpha value is -3.42. The molecule has 0 aliphatic heterocycles. The van der Waals surface area contributed by atoms with Crippen LogP contribution in [0.25, 0.3) is 0 Å². The number of anilines is 3. The maximum absolute atomic E-state index is 14.5. The van der Waals surface area contributed by atoms with Gasteiger partial charge in [0.15, 0.2) is 0 Å². The van der Waals surface area contributed by atoms with Crippen LogP contribution in [0.15, 0.2) is 41.3 Å². The van der Waals surface area contributed by atoms with E-state index in [9.17, 15) is 27.1 Å². The lowest BCUT2D eigenvalue weighted by Gasteiger charge is -2.11. The lowest BCUT2D eigenvalue weighted by atomic mass is 10.0. The number of aromatic nitrogens is 3. The Morgan fingerprint density at radius 2 is 1.83 bits per heavy atom. The molecule has 0 bridgehead atoms. The van der Waals surface area contributed by atoms with Crippen LogP contribution in [0.3, 0.4) is 0 Å². The predicted octanol–water partition coefficient (Wildman–Crippen LogP) is 1.27. The lowest BCUT2D eigenvalue weighted by Crippen LogP contribution is -2.20. The molecule has 10 nitrogen and oxygen atoms in total. The highest BCUT2D eigenvalue weighted by atomic mass is 32.2. The van der Waals surface area contributed by atoms with E-state index in [0.717, 1.165) is 12.1 Å². The monoisotopic (exact) mass is 438 g/mol. The van der Waals surface area contributed by atoms with E-state index in [1.165, 1.54) is 31.2 Å². The summed E-state index contributed by atoms with van der Waals surface area (Å²) in [4.78, 5) is 16.3. The first-order valence-corrected chi connectivity index (χ1v) is 9.86. The fraction of sp³-hybridized carbons (Fsp3) is 0.118. The highest BCUT2D eigenvalue weighted by molar-refractivity contribution is 7.89. The van der Waals surface area contributed by atoms with E-state index in [0.29, 0.717) is 10.4 Å². The van der Waals surface area contributed by atoms with Crippen molar-refractivity contribution in [3.8, 4) is 0 Å². The van der Waals surface area contributed by atoms with Gasteiger partial charge in [0.1, 0.15) is 17.2 Å². The Morgan fingerprint density at radius 3 is 2.40 bits per heavy atom. The molecule has 1 aromatic heterocycles. The SMILES string of the molecule is CC(O)c1ccc(F)c(C(=O)n2nc(Nc3ccc(S(N)(=O)=O)cc3)nc2N)c1F. The summed E-state index contributed by atoms with van der Waals surface area (Å²) >= 11 is 0. The van der Waals surface area contributed by atoms with Gasteiger partial charge >= 0.3 is 0 Å². The Labute approximate surface area is 169 Å². The zero-order chi connectivity index (χ0) is 22.2. The average Bonchev–Trinajstić information content (AvgIpc) is 3.01. The van der Waals surface area contributed by atoms with Crippen LogP contribution in [0, 0.1) is 11.6 Å². The number of halogens is 2. The minimum absolute atomic E-state index is 0.120. The molecule has 158 valence electrons. The normalized spacial score (nSPS) is 12.6. The van der Waals surface area contributed by atoms with E-state index in [4.69, 9.17) is 10.9 Å². The zero-order valence-corrected chi connectivity index (χ0v) is 16.2. The number of nitrogens with two attached hydrogens (primary N) is 2. The van der Waals surface area contributed by atoms with E-state index in [-0.39, 0.29) is 16.4 Å². The number of benzene rings is 2. The number of primary sulfonamides is 1. The van der Waals surface area contributed by atoms with Crippen molar-refractivity contribution in [1.29, 1.82) is 0 Å². The van der Waals surface area contributed by atoms with Gasteiger partial charge in [-0.2, -0.15) is 9.67 Å². The number of sulfonamides is 1. The highest BCUT2D eigenvalue weighted by Gasteiger charge is 2.26. The number of aliphatic hydroxyl groups is 1. The van der Waals surface area contributed by atoms with Crippen molar-refractivity contribution >= 4 is 33.5 Å². The van der Waals surface area contributed by atoms with Gasteiger partial charge in [0, 0.05) is 11.3 Å². The number of nitrogen functional groups attached to an aromatic ring is 1. The quantitative estimate of drug-likeness (QED) is 0.462. The molecule has 3 rings (SSSR count). The average molecular weight is 438 g/mol. The van der Waals surface area contributed by atoms with Gasteiger partial charge in [-0.05, 0) is 37.3 Å². The first-order chi connectivity index (χ1) is 14.0. The van der Waals surface area contributed by atoms with Gasteiger partial charge in [0.05, 0.1) is 11.0 Å². The smallest absolute Gasteiger partial charge is 0.287 e. The summed E-state index contributed by atoms with van der Waals surface area (Å²) in [6, 6.07) is 7.06. The summed E-state index contributed by atoms with van der Waals surface area (Å²) in [5, 5.41) is 21.1. The Morgan fingerprint density at radius 1 is 1.20 bits per heavy atom. The van der Waals surface area contributed by atoms with Crippen molar-refractivity contribution in [2.24, 2.45) is 5.14 Å². The molecule has 0 radical (unpaired) electrons. The van der Waals surface area contributed by atoms with Gasteiger partial charge in [-0.15, -0.1) is 5.10 Å². The van der Waals surface area contributed by atoms with Crippen LogP contribution in [-0.4, -0.2) is 34.2 Å². The fourth-order valence-electron chi connectivity index (χ4n) is 2.58. The van der Waals surface area contributed by atoms with Crippen molar-refractivity contribution in [2.75, 3.05) is 11.1 Å². The van der Waals surface area contributed by atoms with Crippen LogP contribution in [0.5, 0.6) is 0 Å². The predicted molar refractivity (Wildman–Crippen MR) is 102 cm³/mol.